The van der Waals surface area contributed by atoms with Crippen LogP contribution in [0.1, 0.15) is 67.2 Å². The summed E-state index contributed by atoms with van der Waals surface area (Å²) in [6, 6.07) is 21.9. The van der Waals surface area contributed by atoms with Crippen molar-refractivity contribution in [3.8, 4) is 5.75 Å². The molecule has 0 amide bonds. The van der Waals surface area contributed by atoms with Gasteiger partial charge in [0.1, 0.15) is 11.4 Å². The van der Waals surface area contributed by atoms with Crippen LogP contribution in [-0.2, 0) is 28.0 Å². The molecule has 1 N–H and O–H groups in total. The zero-order chi connectivity index (χ0) is 29.0. The van der Waals surface area contributed by atoms with E-state index in [4.69, 9.17) is 9.47 Å². The second-order valence-electron chi connectivity index (χ2n) is 11.0. The van der Waals surface area contributed by atoms with Crippen molar-refractivity contribution in [2.75, 3.05) is 19.7 Å². The number of hydrogen-bond donors (Lipinski definition) is 1. The average molecular weight is 570 g/mol. The van der Waals surface area contributed by atoms with Gasteiger partial charge in [-0.1, -0.05) is 74.5 Å². The summed E-state index contributed by atoms with van der Waals surface area (Å²) in [5.41, 5.74) is 3.34. The lowest BCUT2D eigenvalue weighted by Gasteiger charge is -2.42. The van der Waals surface area contributed by atoms with E-state index in [1.807, 2.05) is 24.3 Å². The van der Waals surface area contributed by atoms with Crippen molar-refractivity contribution in [1.29, 1.82) is 0 Å². The topological polar surface area (TPSA) is 51.2 Å². The second kappa shape index (κ2) is 12.5. The third-order valence-electron chi connectivity index (χ3n) is 8.37. The first-order valence-corrected chi connectivity index (χ1v) is 14.4. The van der Waals surface area contributed by atoms with Crippen molar-refractivity contribution >= 4 is 0 Å². The van der Waals surface area contributed by atoms with Crippen molar-refractivity contribution in [3.63, 3.8) is 0 Å². The normalized spacial score (nSPS) is 22.0. The Balaban J connectivity index is 1.28. The summed E-state index contributed by atoms with van der Waals surface area (Å²) in [7, 11) is 0. The van der Waals surface area contributed by atoms with Crippen LogP contribution in [-0.4, -0.2) is 42.2 Å². The molecule has 0 aliphatic carbocycles. The van der Waals surface area contributed by atoms with E-state index in [0.29, 0.717) is 12.2 Å². The molecule has 5 nitrogen and oxygen atoms in total. The Labute approximate surface area is 239 Å². The number of likely N-dealkylation sites (tertiary alicyclic amines) is 1. The number of hydrogen-bond acceptors (Lipinski definition) is 5. The van der Waals surface area contributed by atoms with Gasteiger partial charge < -0.3 is 19.3 Å². The van der Waals surface area contributed by atoms with Gasteiger partial charge in [-0.15, -0.1) is 13.2 Å². The van der Waals surface area contributed by atoms with Crippen molar-refractivity contribution in [3.05, 3.63) is 101 Å². The van der Waals surface area contributed by atoms with Crippen LogP contribution in [0.25, 0.3) is 0 Å². The second-order valence-corrected chi connectivity index (χ2v) is 11.0. The lowest BCUT2D eigenvalue weighted by molar-refractivity contribution is -0.274. The number of aliphatic hydroxyl groups is 1. The Morgan fingerprint density at radius 1 is 0.854 bits per heavy atom. The molecule has 220 valence electrons. The van der Waals surface area contributed by atoms with Gasteiger partial charge in [-0.05, 0) is 79.1 Å². The van der Waals surface area contributed by atoms with Crippen molar-refractivity contribution in [1.82, 2.24) is 4.90 Å². The number of piperidine rings is 1. The van der Waals surface area contributed by atoms with Gasteiger partial charge in [0.15, 0.2) is 6.29 Å². The van der Waals surface area contributed by atoms with Crippen LogP contribution in [0, 0.1) is 5.92 Å². The number of rotatable bonds is 9. The van der Waals surface area contributed by atoms with E-state index in [1.54, 1.807) is 12.1 Å². The highest BCUT2D eigenvalue weighted by Gasteiger charge is 2.42. The van der Waals surface area contributed by atoms with Crippen molar-refractivity contribution in [2.45, 2.75) is 70.4 Å². The molecule has 3 atom stereocenters. The van der Waals surface area contributed by atoms with Gasteiger partial charge in [0.25, 0.3) is 0 Å². The number of alkyl halides is 3. The van der Waals surface area contributed by atoms with Crippen LogP contribution < -0.4 is 4.74 Å². The van der Waals surface area contributed by atoms with Crippen molar-refractivity contribution in [2.24, 2.45) is 5.92 Å². The lowest BCUT2D eigenvalue weighted by atomic mass is 9.72. The van der Waals surface area contributed by atoms with E-state index in [2.05, 4.69) is 47.7 Å². The molecule has 41 heavy (non-hydrogen) atoms. The molecule has 2 aliphatic heterocycles. The molecule has 2 aliphatic rings. The minimum Gasteiger partial charge on any atom is -0.406 e. The molecule has 3 aromatic carbocycles. The molecule has 8 heteroatoms. The SMILES string of the molecule is CCc1ccc(C(O)(c2ccc(OC(F)(F)F)cc2)C2CCN(Cc3ccc(C4OCC(CC)O4)cc3)CC2)cc1. The number of benzene rings is 3. The van der Waals surface area contributed by atoms with E-state index in [9.17, 15) is 18.3 Å². The maximum Gasteiger partial charge on any atom is 0.573 e. The maximum absolute atomic E-state index is 12.7. The summed E-state index contributed by atoms with van der Waals surface area (Å²) in [6.07, 6.45) is -1.63. The highest BCUT2D eigenvalue weighted by atomic mass is 19.4. The summed E-state index contributed by atoms with van der Waals surface area (Å²) < 4.78 is 54.0. The molecule has 0 radical (unpaired) electrons. The zero-order valence-corrected chi connectivity index (χ0v) is 23.6. The van der Waals surface area contributed by atoms with Crippen LogP contribution in [0.15, 0.2) is 72.8 Å². The van der Waals surface area contributed by atoms with Crippen molar-refractivity contribution < 1.29 is 32.5 Å². The molecule has 3 unspecified atom stereocenters. The van der Waals surface area contributed by atoms with Crippen LogP contribution in [0.3, 0.4) is 0 Å². The van der Waals surface area contributed by atoms with Crippen LogP contribution >= 0.6 is 0 Å². The Morgan fingerprint density at radius 2 is 1.44 bits per heavy atom. The van der Waals surface area contributed by atoms with E-state index in [-0.39, 0.29) is 24.1 Å². The fourth-order valence-corrected chi connectivity index (χ4v) is 5.93. The van der Waals surface area contributed by atoms with Crippen LogP contribution in [0.2, 0.25) is 0 Å². The fourth-order valence-electron chi connectivity index (χ4n) is 5.93. The predicted octanol–water partition coefficient (Wildman–Crippen LogP) is 7.12. The maximum atomic E-state index is 12.7. The molecule has 0 spiro atoms. The number of halogens is 3. The quantitative estimate of drug-likeness (QED) is 0.297. The highest BCUT2D eigenvalue weighted by molar-refractivity contribution is 5.41. The minimum atomic E-state index is -4.77. The van der Waals surface area contributed by atoms with Gasteiger partial charge in [-0.3, -0.25) is 4.90 Å². The first-order chi connectivity index (χ1) is 19.7. The first kappa shape index (κ1) is 29.6. The monoisotopic (exact) mass is 569 g/mol. The van der Waals surface area contributed by atoms with Crippen LogP contribution in [0.4, 0.5) is 13.2 Å². The summed E-state index contributed by atoms with van der Waals surface area (Å²) >= 11 is 0. The van der Waals surface area contributed by atoms with Gasteiger partial charge in [0, 0.05) is 12.1 Å². The van der Waals surface area contributed by atoms with E-state index in [1.165, 1.54) is 17.7 Å². The number of nitrogens with zero attached hydrogens (tertiary/aromatic N) is 1. The third kappa shape index (κ3) is 6.95. The van der Waals surface area contributed by atoms with E-state index >= 15 is 0 Å². The molecule has 2 saturated heterocycles. The Hall–Kier alpha value is -2.91. The Kier molecular flexibility index (Phi) is 9.04. The summed E-state index contributed by atoms with van der Waals surface area (Å²) in [4.78, 5) is 2.38. The van der Waals surface area contributed by atoms with Gasteiger partial charge >= 0.3 is 6.36 Å². The number of aryl methyl sites for hydroxylation is 1. The summed E-state index contributed by atoms with van der Waals surface area (Å²) in [5, 5.41) is 12.3. The zero-order valence-electron chi connectivity index (χ0n) is 23.6. The standard InChI is InChI=1S/C33H38F3NO4/c1-3-23-7-11-26(12-8-23)32(38,27-13-15-30(16-14-27)41-33(34,35)36)28-17-19-37(20-18-28)21-24-5-9-25(10-6-24)31-39-22-29(4-2)40-31/h5-16,28-29,31,38H,3-4,17-22H2,1-2H3. The molecule has 2 fully saturated rings. The predicted molar refractivity (Wildman–Crippen MR) is 150 cm³/mol. The van der Waals surface area contributed by atoms with Gasteiger partial charge in [-0.25, -0.2) is 0 Å². The molecule has 0 bridgehead atoms. The first-order valence-electron chi connectivity index (χ1n) is 14.4. The van der Waals surface area contributed by atoms with E-state index in [0.717, 1.165) is 62.0 Å². The summed E-state index contributed by atoms with van der Waals surface area (Å²) in [5.74, 6) is -0.409. The smallest absolute Gasteiger partial charge is 0.406 e. The van der Waals surface area contributed by atoms with Gasteiger partial charge in [0.2, 0.25) is 0 Å². The van der Waals surface area contributed by atoms with Crippen LogP contribution in [0.5, 0.6) is 5.75 Å². The molecule has 5 rings (SSSR count). The Morgan fingerprint density at radius 3 is 1.98 bits per heavy atom. The Bertz CT molecular complexity index is 1260. The molecular weight excluding hydrogens is 531 g/mol. The largest absolute Gasteiger partial charge is 0.573 e. The number of ether oxygens (including phenoxy) is 3. The highest BCUT2D eigenvalue weighted by Crippen LogP contribution is 2.43. The third-order valence-corrected chi connectivity index (χ3v) is 8.37. The minimum absolute atomic E-state index is 0.105. The molecule has 0 aromatic heterocycles. The molecule has 0 saturated carbocycles. The molecule has 3 aromatic rings. The summed E-state index contributed by atoms with van der Waals surface area (Å²) in [6.45, 7) is 7.17. The lowest BCUT2D eigenvalue weighted by Crippen LogP contribution is -2.44. The fraction of sp³-hybridized carbons (Fsp3) is 0.455. The van der Waals surface area contributed by atoms with Gasteiger partial charge in [0.05, 0.1) is 12.7 Å². The molecular formula is C33H38F3NO4. The molecule has 2 heterocycles. The van der Waals surface area contributed by atoms with E-state index < -0.39 is 12.0 Å². The van der Waals surface area contributed by atoms with Gasteiger partial charge in [-0.2, -0.15) is 0 Å². The average Bonchev–Trinajstić information content (AvgIpc) is 3.47.